The zero-order valence-electron chi connectivity index (χ0n) is 25.6. The quantitative estimate of drug-likeness (QED) is 0.280. The number of morpholine rings is 1. The normalized spacial score (nSPS) is 17.0. The summed E-state index contributed by atoms with van der Waals surface area (Å²) in [4.78, 5) is 39.9. The maximum Gasteiger partial charge on any atom is 0.411 e. The van der Waals surface area contributed by atoms with Crippen molar-refractivity contribution in [1.29, 1.82) is 0 Å². The van der Waals surface area contributed by atoms with Gasteiger partial charge in [0.25, 0.3) is 11.5 Å². The number of rotatable bonds is 7. The highest BCUT2D eigenvalue weighted by molar-refractivity contribution is 6.31. The van der Waals surface area contributed by atoms with Gasteiger partial charge in [-0.25, -0.2) is 13.6 Å². The number of hydrogen-bond acceptors (Lipinski definition) is 7. The lowest BCUT2D eigenvalue weighted by Gasteiger charge is -2.38. The average Bonchev–Trinajstić information content (AvgIpc) is 3.04. The predicted octanol–water partition coefficient (Wildman–Crippen LogP) is 4.90. The van der Waals surface area contributed by atoms with E-state index in [4.69, 9.17) is 25.8 Å². The minimum absolute atomic E-state index is 0.0932. The molecule has 47 heavy (non-hydrogen) atoms. The van der Waals surface area contributed by atoms with Crippen LogP contribution in [0.1, 0.15) is 33.6 Å². The molecule has 9 nitrogen and oxygen atoms in total. The zero-order chi connectivity index (χ0) is 34.2. The average molecular weight is 684 g/mol. The van der Waals surface area contributed by atoms with Crippen LogP contribution in [0.4, 0.5) is 27.6 Å². The van der Waals surface area contributed by atoms with Crippen LogP contribution in [0.25, 0.3) is 11.1 Å². The highest BCUT2D eigenvalue weighted by Crippen LogP contribution is 2.39. The molecule has 3 aromatic rings. The number of nitrogens with zero attached hydrogens (tertiary/aromatic N) is 2. The molecule has 0 radical (unpaired) electrons. The molecule has 15 heteroatoms. The summed E-state index contributed by atoms with van der Waals surface area (Å²) >= 11 is 6.37. The standard InChI is InChI=1S/C32H31ClF5N3O6/c1-16-22(33)14-21(30(43)40(16)2)20-7-6-17(19-5-4-9-47-28(19)20)11-25(31(44)45-3)39-29(42)27-23(34)12-18(13-24(27)35)41-8-10-46-15-26(41)32(36,37)38/h6-7,12-14,25-26H,4-5,8-11,15H2,1-3H3,(H,39,42)/t25-,26+/m0/s1. The molecule has 3 heterocycles. The van der Waals surface area contributed by atoms with E-state index in [1.54, 1.807) is 32.2 Å². The maximum atomic E-state index is 15.2. The number of anilines is 1. The van der Waals surface area contributed by atoms with Crippen molar-refractivity contribution in [3.63, 3.8) is 0 Å². The van der Waals surface area contributed by atoms with Gasteiger partial charge in [-0.1, -0.05) is 23.7 Å². The number of halogens is 6. The Kier molecular flexibility index (Phi) is 9.83. The van der Waals surface area contributed by atoms with E-state index in [1.165, 1.54) is 4.57 Å². The zero-order valence-corrected chi connectivity index (χ0v) is 26.4. The van der Waals surface area contributed by atoms with Crippen molar-refractivity contribution >= 4 is 29.2 Å². The summed E-state index contributed by atoms with van der Waals surface area (Å²) in [5.41, 5.74) is 0.805. The van der Waals surface area contributed by atoms with Crippen molar-refractivity contribution in [3.8, 4) is 16.9 Å². The monoisotopic (exact) mass is 683 g/mol. The number of nitrogens with one attached hydrogen (secondary N) is 1. The van der Waals surface area contributed by atoms with Crippen LogP contribution in [-0.4, -0.2) is 68.2 Å². The molecule has 2 aromatic carbocycles. The number of pyridine rings is 1. The molecule has 2 atom stereocenters. The lowest BCUT2D eigenvalue weighted by atomic mass is 9.90. The van der Waals surface area contributed by atoms with Crippen LogP contribution in [0.15, 0.2) is 35.1 Å². The van der Waals surface area contributed by atoms with E-state index in [2.05, 4.69) is 5.32 Å². The molecular formula is C32H31ClF5N3O6. The lowest BCUT2D eigenvalue weighted by molar-refractivity contribution is -0.167. The molecule has 1 aromatic heterocycles. The Balaban J connectivity index is 1.45. The van der Waals surface area contributed by atoms with Gasteiger partial charge in [0.05, 0.1) is 37.5 Å². The SMILES string of the molecule is COC(=O)[C@H](Cc1ccc(-c2cc(Cl)c(C)n(C)c2=O)c2c1CCCO2)NC(=O)c1c(F)cc(N2CCOC[C@@H]2C(F)(F)F)cc1F. The van der Waals surface area contributed by atoms with Crippen molar-refractivity contribution in [1.82, 2.24) is 9.88 Å². The third-order valence-electron chi connectivity index (χ3n) is 8.43. The van der Waals surface area contributed by atoms with E-state index in [-0.39, 0.29) is 25.1 Å². The number of esters is 1. The number of carbonyl (C=O) groups is 2. The van der Waals surface area contributed by atoms with Gasteiger partial charge in [0.1, 0.15) is 35.0 Å². The van der Waals surface area contributed by atoms with Crippen LogP contribution < -0.4 is 20.5 Å². The molecule has 1 N–H and O–H groups in total. The second kappa shape index (κ2) is 13.5. The smallest absolute Gasteiger partial charge is 0.411 e. The van der Waals surface area contributed by atoms with Gasteiger partial charge in [0.15, 0.2) is 0 Å². The highest BCUT2D eigenvalue weighted by atomic mass is 35.5. The summed E-state index contributed by atoms with van der Waals surface area (Å²) in [5.74, 6) is -4.64. The Morgan fingerprint density at radius 3 is 2.49 bits per heavy atom. The van der Waals surface area contributed by atoms with E-state index < -0.39 is 59.6 Å². The first kappa shape index (κ1) is 34.2. The van der Waals surface area contributed by atoms with Crippen LogP contribution in [0.5, 0.6) is 5.75 Å². The van der Waals surface area contributed by atoms with E-state index in [9.17, 15) is 27.6 Å². The fourth-order valence-electron chi connectivity index (χ4n) is 5.83. The van der Waals surface area contributed by atoms with E-state index >= 15 is 8.78 Å². The van der Waals surface area contributed by atoms with E-state index in [1.807, 2.05) is 0 Å². The van der Waals surface area contributed by atoms with Crippen LogP contribution in [0.2, 0.25) is 5.02 Å². The summed E-state index contributed by atoms with van der Waals surface area (Å²) in [6, 6.07) is 2.58. The predicted molar refractivity (Wildman–Crippen MR) is 162 cm³/mol. The lowest BCUT2D eigenvalue weighted by Crippen LogP contribution is -2.53. The van der Waals surface area contributed by atoms with Crippen molar-refractivity contribution in [2.24, 2.45) is 7.05 Å². The molecule has 0 bridgehead atoms. The van der Waals surface area contributed by atoms with Gasteiger partial charge in [0, 0.05) is 37.0 Å². The van der Waals surface area contributed by atoms with Crippen LogP contribution in [0.3, 0.4) is 0 Å². The fourth-order valence-corrected chi connectivity index (χ4v) is 6.06. The number of aromatic nitrogens is 1. The third kappa shape index (κ3) is 6.79. The van der Waals surface area contributed by atoms with Crippen molar-refractivity contribution in [2.75, 3.05) is 38.4 Å². The molecule has 0 saturated carbocycles. The minimum atomic E-state index is -4.73. The summed E-state index contributed by atoms with van der Waals surface area (Å²) in [6.45, 7) is 0.981. The Bertz CT molecular complexity index is 1760. The van der Waals surface area contributed by atoms with Crippen LogP contribution >= 0.6 is 11.6 Å². The molecule has 0 unspecified atom stereocenters. The Morgan fingerprint density at radius 1 is 1.13 bits per heavy atom. The topological polar surface area (TPSA) is 99.1 Å². The number of amides is 1. The number of fused-ring (bicyclic) bond motifs is 1. The molecule has 252 valence electrons. The van der Waals surface area contributed by atoms with Gasteiger partial charge in [-0.05, 0) is 49.1 Å². The molecule has 2 aliphatic heterocycles. The Labute approximate surface area is 271 Å². The van der Waals surface area contributed by atoms with Crippen molar-refractivity contribution < 1.29 is 45.8 Å². The van der Waals surface area contributed by atoms with E-state index in [0.717, 1.165) is 12.0 Å². The van der Waals surface area contributed by atoms with Gasteiger partial charge in [-0.15, -0.1) is 0 Å². The van der Waals surface area contributed by atoms with Crippen LogP contribution in [-0.2, 0) is 34.2 Å². The highest BCUT2D eigenvalue weighted by Gasteiger charge is 2.46. The summed E-state index contributed by atoms with van der Waals surface area (Å²) in [7, 11) is 2.68. The summed E-state index contributed by atoms with van der Waals surface area (Å²) < 4.78 is 88.3. The number of hydrogen-bond donors (Lipinski definition) is 1. The number of methoxy groups -OCH3 is 1. The molecule has 1 saturated heterocycles. The van der Waals surface area contributed by atoms with Crippen molar-refractivity contribution in [2.45, 2.75) is 44.4 Å². The summed E-state index contributed by atoms with van der Waals surface area (Å²) in [5, 5.41) is 2.69. The van der Waals surface area contributed by atoms with E-state index in [0.29, 0.717) is 70.3 Å². The maximum absolute atomic E-state index is 15.2. The first-order valence-electron chi connectivity index (χ1n) is 14.7. The molecule has 0 spiro atoms. The molecule has 2 aliphatic rings. The first-order valence-corrected chi connectivity index (χ1v) is 15.0. The van der Waals surface area contributed by atoms with Crippen molar-refractivity contribution in [3.05, 3.63) is 79.7 Å². The van der Waals surface area contributed by atoms with Gasteiger partial charge in [0.2, 0.25) is 0 Å². The molecule has 5 rings (SSSR count). The number of alkyl halides is 3. The second-order valence-electron chi connectivity index (χ2n) is 11.3. The molecule has 1 amide bonds. The Morgan fingerprint density at radius 2 is 1.83 bits per heavy atom. The first-order chi connectivity index (χ1) is 22.2. The molecular weight excluding hydrogens is 653 g/mol. The van der Waals surface area contributed by atoms with Crippen LogP contribution in [0, 0.1) is 18.6 Å². The van der Waals surface area contributed by atoms with Gasteiger partial charge in [-0.3, -0.25) is 9.59 Å². The van der Waals surface area contributed by atoms with Gasteiger partial charge < -0.3 is 29.0 Å². The van der Waals surface area contributed by atoms with Gasteiger partial charge >= 0.3 is 12.1 Å². The summed E-state index contributed by atoms with van der Waals surface area (Å²) in [6.07, 6.45) is -3.78. The number of benzene rings is 2. The number of ether oxygens (including phenoxy) is 3. The second-order valence-corrected chi connectivity index (χ2v) is 11.7. The Hall–Kier alpha value is -4.17. The number of carbonyl (C=O) groups excluding carboxylic acids is 2. The minimum Gasteiger partial charge on any atom is -0.493 e. The third-order valence-corrected chi connectivity index (χ3v) is 8.81. The van der Waals surface area contributed by atoms with Gasteiger partial charge in [-0.2, -0.15) is 13.2 Å². The molecule has 1 fully saturated rings. The fraction of sp³-hybridized carbons (Fsp3) is 0.406. The molecule has 0 aliphatic carbocycles. The largest absolute Gasteiger partial charge is 0.493 e.